The van der Waals surface area contributed by atoms with Gasteiger partial charge in [0.05, 0.1) is 0 Å². The molecule has 0 aliphatic carbocycles. The zero-order valence-electron chi connectivity index (χ0n) is 13.4. The second-order valence-corrected chi connectivity index (χ2v) is 6.68. The fourth-order valence-electron chi connectivity index (χ4n) is 3.43. The minimum atomic E-state index is 0.0925. The highest BCUT2D eigenvalue weighted by Gasteiger charge is 2.39. The molecule has 0 spiro atoms. The maximum absolute atomic E-state index is 12.0. The second-order valence-electron chi connectivity index (χ2n) is 6.68. The molecule has 122 valence electrons. The predicted octanol–water partition coefficient (Wildman–Crippen LogP) is 1.27. The number of carbonyl (C=O) groups excluding carboxylic acids is 1. The Balaban J connectivity index is 1.88. The monoisotopic (exact) mass is 297 g/mol. The van der Waals surface area contributed by atoms with E-state index in [1.54, 1.807) is 0 Å². The Morgan fingerprint density at radius 2 is 1.95 bits per heavy atom. The van der Waals surface area contributed by atoms with Crippen LogP contribution >= 0.6 is 0 Å². The summed E-state index contributed by atoms with van der Waals surface area (Å²) >= 11 is 0. The van der Waals surface area contributed by atoms with Gasteiger partial charge in [0, 0.05) is 37.8 Å². The number of ether oxygens (including phenoxy) is 1. The number of amides is 1. The molecule has 2 saturated heterocycles. The van der Waals surface area contributed by atoms with Crippen LogP contribution in [0, 0.1) is 0 Å². The fourth-order valence-corrected chi connectivity index (χ4v) is 3.43. The van der Waals surface area contributed by atoms with Crippen LogP contribution in [0.5, 0.6) is 0 Å². The average molecular weight is 297 g/mol. The van der Waals surface area contributed by atoms with Gasteiger partial charge in [-0.25, -0.2) is 0 Å². The van der Waals surface area contributed by atoms with Crippen molar-refractivity contribution < 1.29 is 9.53 Å². The van der Waals surface area contributed by atoms with E-state index in [0.29, 0.717) is 6.42 Å². The highest BCUT2D eigenvalue weighted by atomic mass is 16.5. The Labute approximate surface area is 128 Å². The van der Waals surface area contributed by atoms with Gasteiger partial charge in [-0.15, -0.1) is 0 Å². The van der Waals surface area contributed by atoms with Crippen LogP contribution in [0.25, 0.3) is 0 Å². The molecule has 1 atom stereocenters. The Hall–Kier alpha value is -0.650. The van der Waals surface area contributed by atoms with Gasteiger partial charge >= 0.3 is 0 Å². The number of nitrogens with two attached hydrogens (primary N) is 1. The molecule has 5 heteroatoms. The van der Waals surface area contributed by atoms with Crippen molar-refractivity contribution in [2.75, 3.05) is 32.8 Å². The summed E-state index contributed by atoms with van der Waals surface area (Å²) < 4.78 is 5.55. The maximum atomic E-state index is 12.0. The summed E-state index contributed by atoms with van der Waals surface area (Å²) in [6, 6.07) is 0.0925. The van der Waals surface area contributed by atoms with Crippen LogP contribution in [-0.4, -0.2) is 55.2 Å². The highest BCUT2D eigenvalue weighted by Crippen LogP contribution is 2.30. The quantitative estimate of drug-likeness (QED) is 0.774. The summed E-state index contributed by atoms with van der Waals surface area (Å²) in [6.07, 6.45) is 7.24. The SMILES string of the molecule is CC(N)CCC(=O)NCC1(N2CCCCC2)CCOCC1. The van der Waals surface area contributed by atoms with Crippen LogP contribution in [0.3, 0.4) is 0 Å². The smallest absolute Gasteiger partial charge is 0.220 e. The number of hydrogen-bond acceptors (Lipinski definition) is 4. The third kappa shape index (κ3) is 4.94. The van der Waals surface area contributed by atoms with Crippen molar-refractivity contribution in [1.82, 2.24) is 10.2 Å². The van der Waals surface area contributed by atoms with Crippen LogP contribution in [0.15, 0.2) is 0 Å². The number of nitrogens with one attached hydrogen (secondary N) is 1. The molecule has 0 aromatic heterocycles. The predicted molar refractivity (Wildman–Crippen MR) is 84.1 cm³/mol. The van der Waals surface area contributed by atoms with E-state index >= 15 is 0 Å². The standard InChI is InChI=1S/C16H31N3O2/c1-14(17)5-6-15(20)18-13-16(7-11-21-12-8-16)19-9-3-2-4-10-19/h14H,2-13,17H2,1H3,(H,18,20). The molecule has 2 fully saturated rings. The van der Waals surface area contributed by atoms with E-state index in [2.05, 4.69) is 10.2 Å². The molecule has 2 aliphatic heterocycles. The molecule has 2 heterocycles. The Morgan fingerprint density at radius 1 is 1.29 bits per heavy atom. The zero-order chi connectivity index (χ0) is 15.1. The van der Waals surface area contributed by atoms with Gasteiger partial charge in [0.1, 0.15) is 0 Å². The molecule has 21 heavy (non-hydrogen) atoms. The van der Waals surface area contributed by atoms with E-state index < -0.39 is 0 Å². The van der Waals surface area contributed by atoms with E-state index in [-0.39, 0.29) is 17.5 Å². The third-order valence-corrected chi connectivity index (χ3v) is 4.89. The Morgan fingerprint density at radius 3 is 2.57 bits per heavy atom. The number of rotatable bonds is 6. The van der Waals surface area contributed by atoms with Crippen LogP contribution < -0.4 is 11.1 Å². The highest BCUT2D eigenvalue weighted by molar-refractivity contribution is 5.76. The summed E-state index contributed by atoms with van der Waals surface area (Å²) in [5.74, 6) is 0.134. The molecule has 2 aliphatic rings. The minimum absolute atomic E-state index is 0.0925. The summed E-state index contributed by atoms with van der Waals surface area (Å²) in [7, 11) is 0. The zero-order valence-corrected chi connectivity index (χ0v) is 13.4. The third-order valence-electron chi connectivity index (χ3n) is 4.89. The first-order chi connectivity index (χ1) is 10.1. The molecule has 1 amide bonds. The number of nitrogens with zero attached hydrogens (tertiary/aromatic N) is 1. The molecule has 3 N–H and O–H groups in total. The lowest BCUT2D eigenvalue weighted by Gasteiger charge is -2.48. The molecule has 0 saturated carbocycles. The molecule has 1 unspecified atom stereocenters. The summed E-state index contributed by atoms with van der Waals surface area (Å²) in [6.45, 7) is 6.65. The van der Waals surface area contributed by atoms with Crippen LogP contribution in [0.2, 0.25) is 0 Å². The van der Waals surface area contributed by atoms with Crippen molar-refractivity contribution in [2.24, 2.45) is 5.73 Å². The number of carbonyl (C=O) groups is 1. The number of likely N-dealkylation sites (tertiary alicyclic amines) is 1. The van der Waals surface area contributed by atoms with Gasteiger partial charge in [0.2, 0.25) is 5.91 Å². The van der Waals surface area contributed by atoms with Crippen LogP contribution in [0.1, 0.15) is 51.9 Å². The van der Waals surface area contributed by atoms with Gasteiger partial charge in [-0.2, -0.15) is 0 Å². The van der Waals surface area contributed by atoms with Crippen LogP contribution in [0.4, 0.5) is 0 Å². The Bertz CT molecular complexity index is 321. The maximum Gasteiger partial charge on any atom is 0.220 e. The molecule has 0 radical (unpaired) electrons. The van der Waals surface area contributed by atoms with Crippen molar-refractivity contribution >= 4 is 5.91 Å². The minimum Gasteiger partial charge on any atom is -0.381 e. The lowest BCUT2D eigenvalue weighted by Crippen LogP contribution is -2.59. The van der Waals surface area contributed by atoms with Gasteiger partial charge in [-0.3, -0.25) is 9.69 Å². The van der Waals surface area contributed by atoms with E-state index in [1.807, 2.05) is 6.92 Å². The van der Waals surface area contributed by atoms with Gasteiger partial charge in [-0.1, -0.05) is 6.42 Å². The first-order valence-electron chi connectivity index (χ1n) is 8.47. The van der Waals surface area contributed by atoms with Gasteiger partial charge in [0.15, 0.2) is 0 Å². The summed E-state index contributed by atoms with van der Waals surface area (Å²) in [4.78, 5) is 14.6. The molecular formula is C16H31N3O2. The molecule has 5 nitrogen and oxygen atoms in total. The van der Waals surface area contributed by atoms with Gasteiger partial charge < -0.3 is 15.8 Å². The largest absolute Gasteiger partial charge is 0.381 e. The first kappa shape index (κ1) is 16.7. The van der Waals surface area contributed by atoms with E-state index in [9.17, 15) is 4.79 Å². The lowest BCUT2D eigenvalue weighted by molar-refractivity contribution is -0.122. The van der Waals surface area contributed by atoms with Crippen molar-refractivity contribution in [3.63, 3.8) is 0 Å². The average Bonchev–Trinajstić information content (AvgIpc) is 2.52. The van der Waals surface area contributed by atoms with Crippen LogP contribution in [-0.2, 0) is 9.53 Å². The lowest BCUT2D eigenvalue weighted by atomic mass is 9.86. The van der Waals surface area contributed by atoms with Crippen molar-refractivity contribution in [3.8, 4) is 0 Å². The van der Waals surface area contributed by atoms with E-state index in [1.165, 1.54) is 19.3 Å². The molecule has 0 aromatic carbocycles. The van der Waals surface area contributed by atoms with Crippen molar-refractivity contribution in [1.29, 1.82) is 0 Å². The first-order valence-corrected chi connectivity index (χ1v) is 8.47. The second kappa shape index (κ2) is 8.11. The fraction of sp³-hybridized carbons (Fsp3) is 0.938. The normalized spacial score (nSPS) is 24.5. The number of hydrogen-bond donors (Lipinski definition) is 2. The van der Waals surface area contributed by atoms with Gasteiger partial charge in [-0.05, 0) is 52.1 Å². The molecular weight excluding hydrogens is 266 g/mol. The number of piperidine rings is 1. The molecule has 2 rings (SSSR count). The van der Waals surface area contributed by atoms with E-state index in [4.69, 9.17) is 10.5 Å². The van der Waals surface area contributed by atoms with Gasteiger partial charge in [0.25, 0.3) is 0 Å². The Kier molecular flexibility index (Phi) is 6.45. The van der Waals surface area contributed by atoms with E-state index in [0.717, 1.165) is 52.1 Å². The van der Waals surface area contributed by atoms with Crippen molar-refractivity contribution in [3.05, 3.63) is 0 Å². The topological polar surface area (TPSA) is 67.6 Å². The molecule has 0 aromatic rings. The summed E-state index contributed by atoms with van der Waals surface area (Å²) in [5, 5.41) is 3.15. The summed E-state index contributed by atoms with van der Waals surface area (Å²) in [5.41, 5.74) is 5.83. The van der Waals surface area contributed by atoms with Crippen molar-refractivity contribution in [2.45, 2.75) is 63.5 Å². The molecule has 0 bridgehead atoms.